The molecule has 3 aromatic rings. The molecule has 1 aliphatic heterocycles. The Morgan fingerprint density at radius 2 is 1.65 bits per heavy atom. The molecule has 0 spiro atoms. The third-order valence-corrected chi connectivity index (χ3v) is 6.58. The van der Waals surface area contributed by atoms with Crippen molar-refractivity contribution in [3.8, 4) is 11.1 Å². The van der Waals surface area contributed by atoms with Crippen molar-refractivity contribution in [1.82, 2.24) is 4.90 Å². The van der Waals surface area contributed by atoms with E-state index in [1.54, 1.807) is 13.0 Å². The number of hydrogen-bond acceptors (Lipinski definition) is 6. The van der Waals surface area contributed by atoms with Gasteiger partial charge in [-0.25, -0.2) is 0 Å². The Balaban J connectivity index is 1.45. The molecule has 0 bridgehead atoms. The summed E-state index contributed by atoms with van der Waals surface area (Å²) in [7, 11) is 0. The Bertz CT molecular complexity index is 1290. The van der Waals surface area contributed by atoms with Crippen LogP contribution in [-0.2, 0) is 9.59 Å². The first-order chi connectivity index (χ1) is 16.3. The van der Waals surface area contributed by atoms with Gasteiger partial charge in [0.15, 0.2) is 0 Å². The summed E-state index contributed by atoms with van der Waals surface area (Å²) in [6.45, 7) is 1.59. The highest BCUT2D eigenvalue weighted by atomic mass is 32.2. The monoisotopic (exact) mass is 489 g/mol. The van der Waals surface area contributed by atoms with Crippen molar-refractivity contribution >= 4 is 57.6 Å². The van der Waals surface area contributed by atoms with E-state index in [0.29, 0.717) is 14.9 Å². The summed E-state index contributed by atoms with van der Waals surface area (Å²) in [5.41, 5.74) is 3.34. The first-order valence-corrected chi connectivity index (χ1v) is 11.5. The lowest BCUT2D eigenvalue weighted by atomic mass is 10.0. The second-order valence-electron chi connectivity index (χ2n) is 7.51. The number of carbonyl (C=O) groups excluding carboxylic acids is 2. The SMILES string of the molecule is CC(C(=O)Nc1ccc([N+](=O)[O-])cc1)N1C(=O)/C(=C/c2ccc(-c3ccccc3)cc2)SC1=S. The third kappa shape index (κ3) is 5.05. The van der Waals surface area contributed by atoms with Crippen molar-refractivity contribution in [2.45, 2.75) is 13.0 Å². The van der Waals surface area contributed by atoms with E-state index in [0.717, 1.165) is 28.5 Å². The molecule has 9 heteroatoms. The van der Waals surface area contributed by atoms with E-state index in [4.69, 9.17) is 12.2 Å². The van der Waals surface area contributed by atoms with Gasteiger partial charge in [-0.15, -0.1) is 0 Å². The molecular formula is C25H19N3O4S2. The standard InChI is InChI=1S/C25H19N3O4S2/c1-16(23(29)26-20-11-13-21(14-12-20)28(31)32)27-24(30)22(34-25(27)33)15-17-7-9-19(10-8-17)18-5-3-2-4-6-18/h2-16H,1H3,(H,26,29)/b22-15-. The zero-order chi connectivity index (χ0) is 24.2. The average molecular weight is 490 g/mol. The number of nitrogens with zero attached hydrogens (tertiary/aromatic N) is 2. The van der Waals surface area contributed by atoms with E-state index in [1.807, 2.05) is 54.6 Å². The van der Waals surface area contributed by atoms with Crippen LogP contribution < -0.4 is 5.32 Å². The van der Waals surface area contributed by atoms with Gasteiger partial charge in [0.1, 0.15) is 10.4 Å². The molecule has 2 amide bonds. The van der Waals surface area contributed by atoms with Gasteiger partial charge in [0.05, 0.1) is 9.83 Å². The minimum absolute atomic E-state index is 0.0788. The number of hydrogen-bond donors (Lipinski definition) is 1. The van der Waals surface area contributed by atoms with Crippen LogP contribution in [0.4, 0.5) is 11.4 Å². The van der Waals surface area contributed by atoms with Gasteiger partial charge in [-0.3, -0.25) is 24.6 Å². The molecule has 7 nitrogen and oxygen atoms in total. The van der Waals surface area contributed by atoms with E-state index in [9.17, 15) is 19.7 Å². The number of nitro benzene ring substituents is 1. The Morgan fingerprint density at radius 1 is 1.03 bits per heavy atom. The molecule has 1 unspecified atom stereocenters. The van der Waals surface area contributed by atoms with Crippen molar-refractivity contribution in [2.75, 3.05) is 5.32 Å². The van der Waals surface area contributed by atoms with Crippen LogP contribution in [0, 0.1) is 10.1 Å². The molecule has 0 aromatic heterocycles. The molecule has 1 saturated heterocycles. The summed E-state index contributed by atoms with van der Waals surface area (Å²) >= 11 is 6.52. The fourth-order valence-corrected chi connectivity index (χ4v) is 4.82. The molecule has 0 aliphatic carbocycles. The lowest BCUT2D eigenvalue weighted by Crippen LogP contribution is -2.44. The van der Waals surface area contributed by atoms with Crippen molar-refractivity contribution in [3.63, 3.8) is 0 Å². The van der Waals surface area contributed by atoms with Crippen LogP contribution >= 0.6 is 24.0 Å². The number of carbonyl (C=O) groups is 2. The minimum Gasteiger partial charge on any atom is -0.324 e. The topological polar surface area (TPSA) is 92.5 Å². The fraction of sp³-hybridized carbons (Fsp3) is 0.0800. The quantitative estimate of drug-likeness (QED) is 0.213. The van der Waals surface area contributed by atoms with Crippen LogP contribution in [0.3, 0.4) is 0 Å². The normalized spacial score (nSPS) is 15.4. The van der Waals surface area contributed by atoms with E-state index in [1.165, 1.54) is 29.2 Å². The lowest BCUT2D eigenvalue weighted by molar-refractivity contribution is -0.384. The second kappa shape index (κ2) is 9.98. The first-order valence-electron chi connectivity index (χ1n) is 10.3. The smallest absolute Gasteiger partial charge is 0.269 e. The maximum absolute atomic E-state index is 13.0. The summed E-state index contributed by atoms with van der Waals surface area (Å²) < 4.78 is 0.295. The Hall–Kier alpha value is -3.82. The maximum atomic E-state index is 13.0. The average Bonchev–Trinajstić information content (AvgIpc) is 3.12. The first kappa shape index (κ1) is 23.3. The number of thiocarbonyl (C=S) groups is 1. The highest BCUT2D eigenvalue weighted by Crippen LogP contribution is 2.34. The predicted octanol–water partition coefficient (Wildman–Crippen LogP) is 5.49. The van der Waals surface area contributed by atoms with Crippen LogP contribution in [0.1, 0.15) is 12.5 Å². The van der Waals surface area contributed by atoms with Gasteiger partial charge in [-0.1, -0.05) is 78.6 Å². The van der Waals surface area contributed by atoms with Gasteiger partial charge in [-0.05, 0) is 41.8 Å². The van der Waals surface area contributed by atoms with Gasteiger partial charge in [0, 0.05) is 17.8 Å². The number of non-ortho nitro benzene ring substituents is 1. The van der Waals surface area contributed by atoms with Gasteiger partial charge in [0.2, 0.25) is 5.91 Å². The molecular weight excluding hydrogens is 470 g/mol. The minimum atomic E-state index is -0.853. The summed E-state index contributed by atoms with van der Waals surface area (Å²) in [6.07, 6.45) is 1.76. The Labute approximate surface area is 205 Å². The summed E-state index contributed by atoms with van der Waals surface area (Å²) in [6, 6.07) is 22.4. The van der Waals surface area contributed by atoms with Gasteiger partial charge < -0.3 is 5.32 Å². The maximum Gasteiger partial charge on any atom is 0.269 e. The summed E-state index contributed by atoms with van der Waals surface area (Å²) in [4.78, 5) is 37.7. The van der Waals surface area contributed by atoms with Crippen LogP contribution in [-0.4, -0.2) is 32.0 Å². The number of thioether (sulfide) groups is 1. The fourth-order valence-electron chi connectivity index (χ4n) is 3.40. The van der Waals surface area contributed by atoms with Crippen LogP contribution in [0.2, 0.25) is 0 Å². The highest BCUT2D eigenvalue weighted by molar-refractivity contribution is 8.26. The number of nitrogens with one attached hydrogen (secondary N) is 1. The van der Waals surface area contributed by atoms with E-state index < -0.39 is 16.9 Å². The van der Waals surface area contributed by atoms with Crippen molar-refractivity contribution in [3.05, 3.63) is 99.4 Å². The third-order valence-electron chi connectivity index (χ3n) is 5.25. The number of amides is 2. The second-order valence-corrected chi connectivity index (χ2v) is 9.18. The molecule has 1 fully saturated rings. The van der Waals surface area contributed by atoms with E-state index in [2.05, 4.69) is 5.32 Å². The number of benzene rings is 3. The van der Waals surface area contributed by atoms with Crippen molar-refractivity contribution < 1.29 is 14.5 Å². The molecule has 34 heavy (non-hydrogen) atoms. The van der Waals surface area contributed by atoms with Crippen LogP contribution in [0.25, 0.3) is 17.2 Å². The predicted molar refractivity (Wildman–Crippen MR) is 138 cm³/mol. The van der Waals surface area contributed by atoms with E-state index >= 15 is 0 Å². The lowest BCUT2D eigenvalue weighted by Gasteiger charge is -2.22. The Kier molecular flexibility index (Phi) is 6.85. The highest BCUT2D eigenvalue weighted by Gasteiger charge is 2.38. The largest absolute Gasteiger partial charge is 0.324 e. The molecule has 3 aromatic carbocycles. The molecule has 0 saturated carbocycles. The number of rotatable bonds is 6. The molecule has 1 N–H and O–H groups in total. The van der Waals surface area contributed by atoms with Gasteiger partial charge in [0.25, 0.3) is 11.6 Å². The van der Waals surface area contributed by atoms with Crippen LogP contribution in [0.5, 0.6) is 0 Å². The van der Waals surface area contributed by atoms with Gasteiger partial charge in [-0.2, -0.15) is 0 Å². The van der Waals surface area contributed by atoms with Gasteiger partial charge >= 0.3 is 0 Å². The summed E-state index contributed by atoms with van der Waals surface area (Å²) in [5, 5.41) is 13.5. The van der Waals surface area contributed by atoms with Crippen molar-refractivity contribution in [1.29, 1.82) is 0 Å². The molecule has 170 valence electrons. The Morgan fingerprint density at radius 3 is 2.26 bits per heavy atom. The zero-order valence-electron chi connectivity index (χ0n) is 18.0. The van der Waals surface area contributed by atoms with E-state index in [-0.39, 0.29) is 11.6 Å². The number of nitro groups is 1. The molecule has 0 radical (unpaired) electrons. The molecule has 4 rings (SSSR count). The molecule has 1 atom stereocenters. The summed E-state index contributed by atoms with van der Waals surface area (Å²) in [5.74, 6) is -0.785. The number of anilines is 1. The molecule has 1 aliphatic rings. The zero-order valence-corrected chi connectivity index (χ0v) is 19.6. The van der Waals surface area contributed by atoms with Crippen molar-refractivity contribution in [2.24, 2.45) is 0 Å². The molecule has 1 heterocycles. The van der Waals surface area contributed by atoms with Crippen LogP contribution in [0.15, 0.2) is 83.8 Å².